The first kappa shape index (κ1) is 12.8. The number of nitrogens with one attached hydrogen (secondary N) is 2. The molecule has 1 aromatic heterocycles. The normalized spacial score (nSPS) is 14.4. The van der Waals surface area contributed by atoms with Gasteiger partial charge in [0.2, 0.25) is 0 Å². The van der Waals surface area contributed by atoms with Gasteiger partial charge in [0.25, 0.3) is 0 Å². The van der Waals surface area contributed by atoms with Crippen LogP contribution in [0.4, 0.5) is 4.39 Å². The Labute approximate surface area is 114 Å². The Morgan fingerprint density at radius 1 is 1.15 bits per heavy atom. The molecule has 1 saturated carbocycles. The summed E-state index contributed by atoms with van der Waals surface area (Å²) in [6.07, 6.45) is 4.81. The summed E-state index contributed by atoms with van der Waals surface area (Å²) in [6.45, 7) is 0. The highest BCUT2D eigenvalue weighted by molar-refractivity contribution is 5.30. The van der Waals surface area contributed by atoms with Gasteiger partial charge in [-0.25, -0.2) is 4.39 Å². The van der Waals surface area contributed by atoms with E-state index in [2.05, 4.69) is 9.97 Å². The first-order valence-corrected chi connectivity index (χ1v) is 6.72. The van der Waals surface area contributed by atoms with E-state index in [9.17, 15) is 14.0 Å². The van der Waals surface area contributed by atoms with Crippen molar-refractivity contribution in [2.75, 3.05) is 0 Å². The first-order valence-electron chi connectivity index (χ1n) is 6.72. The number of H-pyrrole nitrogens is 2. The second-order valence-corrected chi connectivity index (χ2v) is 5.23. The fraction of sp³-hybridized carbons (Fsp3) is 0.333. The van der Waals surface area contributed by atoms with E-state index in [1.54, 1.807) is 6.07 Å². The van der Waals surface area contributed by atoms with E-state index in [4.69, 9.17) is 0 Å². The summed E-state index contributed by atoms with van der Waals surface area (Å²) in [5, 5.41) is 0. The minimum absolute atomic E-state index is 0.139. The van der Waals surface area contributed by atoms with E-state index >= 15 is 0 Å². The maximum Gasteiger partial charge on any atom is 0.313 e. The summed E-state index contributed by atoms with van der Waals surface area (Å²) in [4.78, 5) is 27.0. The number of rotatable bonds is 4. The standard InChI is InChI=1S/C15H15FN2O2/c16-13-7-9(2-6-12(13)10-3-4-10)1-5-11-8-17-14(19)15(20)18-11/h2,6-8,10H,1,3-5H2,(H,17,19)(H,18,20). The number of halogens is 1. The molecular formula is C15H15FN2O2. The van der Waals surface area contributed by atoms with Crippen molar-refractivity contribution < 1.29 is 4.39 Å². The first-order chi connectivity index (χ1) is 9.63. The van der Waals surface area contributed by atoms with Gasteiger partial charge in [-0.05, 0) is 48.8 Å². The fourth-order valence-electron chi connectivity index (χ4n) is 2.32. The van der Waals surface area contributed by atoms with Crippen LogP contribution in [-0.4, -0.2) is 9.97 Å². The van der Waals surface area contributed by atoms with Crippen LogP contribution in [0.3, 0.4) is 0 Å². The van der Waals surface area contributed by atoms with E-state index < -0.39 is 11.1 Å². The van der Waals surface area contributed by atoms with Crippen LogP contribution in [0.15, 0.2) is 34.0 Å². The van der Waals surface area contributed by atoms with Gasteiger partial charge in [-0.1, -0.05) is 12.1 Å². The van der Waals surface area contributed by atoms with Crippen molar-refractivity contribution in [1.29, 1.82) is 0 Å². The molecule has 0 spiro atoms. The molecule has 0 radical (unpaired) electrons. The molecule has 0 amide bonds. The zero-order chi connectivity index (χ0) is 14.1. The van der Waals surface area contributed by atoms with Crippen LogP contribution in [-0.2, 0) is 12.8 Å². The SMILES string of the molecule is O=c1[nH]cc(CCc2ccc(C3CC3)c(F)c2)[nH]c1=O. The quantitative estimate of drug-likeness (QED) is 0.836. The molecule has 0 unspecified atom stereocenters. The predicted octanol–water partition coefficient (Wildman–Crippen LogP) is 1.86. The third kappa shape index (κ3) is 2.71. The largest absolute Gasteiger partial charge is 0.323 e. The average molecular weight is 274 g/mol. The maximum absolute atomic E-state index is 13.9. The molecule has 1 heterocycles. The Hall–Kier alpha value is -2.17. The highest BCUT2D eigenvalue weighted by Gasteiger charge is 2.26. The molecule has 1 aliphatic rings. The molecule has 2 aromatic rings. The van der Waals surface area contributed by atoms with Crippen LogP contribution in [0.25, 0.3) is 0 Å². The third-order valence-electron chi connectivity index (χ3n) is 3.62. The molecule has 104 valence electrons. The summed E-state index contributed by atoms with van der Waals surface area (Å²) < 4.78 is 13.9. The summed E-state index contributed by atoms with van der Waals surface area (Å²) in [6, 6.07) is 5.36. The predicted molar refractivity (Wildman–Crippen MR) is 73.5 cm³/mol. The fourth-order valence-corrected chi connectivity index (χ4v) is 2.32. The molecule has 0 aliphatic heterocycles. The average Bonchev–Trinajstić information content (AvgIpc) is 3.25. The van der Waals surface area contributed by atoms with Crippen molar-refractivity contribution in [1.82, 2.24) is 9.97 Å². The Morgan fingerprint density at radius 2 is 1.95 bits per heavy atom. The lowest BCUT2D eigenvalue weighted by molar-refractivity contribution is 0.608. The molecule has 2 N–H and O–H groups in total. The molecule has 1 aromatic carbocycles. The van der Waals surface area contributed by atoms with E-state index in [0.29, 0.717) is 24.5 Å². The summed E-state index contributed by atoms with van der Waals surface area (Å²) in [7, 11) is 0. The van der Waals surface area contributed by atoms with Crippen molar-refractivity contribution in [2.45, 2.75) is 31.6 Å². The minimum Gasteiger partial charge on any atom is -0.323 e. The van der Waals surface area contributed by atoms with Gasteiger partial charge in [0.15, 0.2) is 0 Å². The number of hydrogen-bond acceptors (Lipinski definition) is 2. The molecule has 3 rings (SSSR count). The van der Waals surface area contributed by atoms with E-state index in [1.165, 1.54) is 6.20 Å². The second-order valence-electron chi connectivity index (χ2n) is 5.23. The van der Waals surface area contributed by atoms with E-state index in [1.807, 2.05) is 12.1 Å². The van der Waals surface area contributed by atoms with Crippen molar-refractivity contribution >= 4 is 0 Å². The number of aromatic nitrogens is 2. The van der Waals surface area contributed by atoms with Crippen molar-refractivity contribution in [3.05, 3.63) is 67.7 Å². The molecule has 0 bridgehead atoms. The second kappa shape index (κ2) is 5.07. The molecule has 0 saturated heterocycles. The molecule has 1 aliphatic carbocycles. The summed E-state index contributed by atoms with van der Waals surface area (Å²) in [5.41, 5.74) is 1.03. The van der Waals surface area contributed by atoms with Gasteiger partial charge in [0, 0.05) is 11.9 Å². The maximum atomic E-state index is 13.9. The molecule has 20 heavy (non-hydrogen) atoms. The zero-order valence-corrected chi connectivity index (χ0v) is 10.9. The zero-order valence-electron chi connectivity index (χ0n) is 10.9. The Kier molecular flexibility index (Phi) is 3.26. The van der Waals surface area contributed by atoms with Crippen molar-refractivity contribution in [3.63, 3.8) is 0 Å². The lowest BCUT2D eigenvalue weighted by Crippen LogP contribution is -2.29. The highest BCUT2D eigenvalue weighted by Crippen LogP contribution is 2.41. The van der Waals surface area contributed by atoms with Gasteiger partial charge < -0.3 is 9.97 Å². The van der Waals surface area contributed by atoms with Crippen LogP contribution in [0, 0.1) is 5.82 Å². The summed E-state index contributed by atoms with van der Waals surface area (Å²) in [5.74, 6) is 0.263. The molecular weight excluding hydrogens is 259 g/mol. The smallest absolute Gasteiger partial charge is 0.313 e. The molecule has 5 heteroatoms. The third-order valence-corrected chi connectivity index (χ3v) is 3.62. The number of hydrogen-bond donors (Lipinski definition) is 2. The Bertz CT molecular complexity index is 744. The number of aromatic amines is 2. The highest BCUT2D eigenvalue weighted by atomic mass is 19.1. The van der Waals surface area contributed by atoms with Gasteiger partial charge >= 0.3 is 11.1 Å². The van der Waals surface area contributed by atoms with Crippen LogP contribution in [0.1, 0.15) is 35.6 Å². The Balaban J connectivity index is 1.71. The molecule has 1 fully saturated rings. The Morgan fingerprint density at radius 3 is 2.60 bits per heavy atom. The van der Waals surface area contributed by atoms with Crippen LogP contribution >= 0.6 is 0 Å². The lowest BCUT2D eigenvalue weighted by Gasteiger charge is -2.05. The van der Waals surface area contributed by atoms with Gasteiger partial charge in [0.05, 0.1) is 0 Å². The van der Waals surface area contributed by atoms with Gasteiger partial charge in [-0.3, -0.25) is 9.59 Å². The number of benzene rings is 1. The minimum atomic E-state index is -0.659. The van der Waals surface area contributed by atoms with Crippen molar-refractivity contribution in [2.24, 2.45) is 0 Å². The van der Waals surface area contributed by atoms with Gasteiger partial charge in [-0.2, -0.15) is 0 Å². The summed E-state index contributed by atoms with van der Waals surface area (Å²) >= 11 is 0. The van der Waals surface area contributed by atoms with E-state index in [-0.39, 0.29) is 5.82 Å². The molecule has 4 nitrogen and oxygen atoms in total. The van der Waals surface area contributed by atoms with E-state index in [0.717, 1.165) is 24.0 Å². The van der Waals surface area contributed by atoms with Gasteiger partial charge in [0.1, 0.15) is 5.82 Å². The topological polar surface area (TPSA) is 65.7 Å². The van der Waals surface area contributed by atoms with Crippen LogP contribution in [0.2, 0.25) is 0 Å². The monoisotopic (exact) mass is 274 g/mol. The van der Waals surface area contributed by atoms with Crippen LogP contribution < -0.4 is 11.1 Å². The van der Waals surface area contributed by atoms with Crippen LogP contribution in [0.5, 0.6) is 0 Å². The number of aryl methyl sites for hydroxylation is 2. The lowest BCUT2D eigenvalue weighted by atomic mass is 10.0. The van der Waals surface area contributed by atoms with Crippen molar-refractivity contribution in [3.8, 4) is 0 Å². The molecule has 0 atom stereocenters. The van der Waals surface area contributed by atoms with Gasteiger partial charge in [-0.15, -0.1) is 0 Å².